The largest absolute Gasteiger partial charge is 0.461 e. The number of benzene rings is 2. The molecule has 0 spiro atoms. The number of carbonyl (C=O) groups is 1. The van der Waals surface area contributed by atoms with Gasteiger partial charge < -0.3 is 14.1 Å². The molecule has 0 radical (unpaired) electrons. The number of carbonyl (C=O) groups excluding carboxylic acids is 1. The molecule has 0 aliphatic heterocycles. The fourth-order valence-corrected chi connectivity index (χ4v) is 4.66. The highest BCUT2D eigenvalue weighted by Gasteiger charge is 2.43. The van der Waals surface area contributed by atoms with Gasteiger partial charge in [-0.15, -0.1) is 6.58 Å². The third-order valence-electron chi connectivity index (χ3n) is 6.73. The van der Waals surface area contributed by atoms with Crippen LogP contribution in [0.2, 0.25) is 0 Å². The predicted octanol–water partition coefficient (Wildman–Crippen LogP) is 5.60. The molecule has 2 aromatic carbocycles. The summed E-state index contributed by atoms with van der Waals surface area (Å²) >= 11 is 0. The second-order valence-electron chi connectivity index (χ2n) is 9.00. The minimum absolute atomic E-state index is 0.0937. The highest BCUT2D eigenvalue weighted by molar-refractivity contribution is 5.94. The number of nitrogens with zero attached hydrogens (tertiary/aromatic N) is 1. The molecule has 178 valence electrons. The molecule has 0 saturated heterocycles. The summed E-state index contributed by atoms with van der Waals surface area (Å²) in [4.78, 5) is 28.2. The van der Waals surface area contributed by atoms with E-state index in [2.05, 4.69) is 56.5 Å². The SMILES string of the molecule is C=CCc1c(C2CC2c2cccc(C)c2)oc2ccc(C(=O)OCCN(CC)CC)cc2c1=O. The van der Waals surface area contributed by atoms with Crippen LogP contribution in [-0.4, -0.2) is 37.1 Å². The van der Waals surface area contributed by atoms with E-state index in [1.807, 2.05) is 0 Å². The lowest BCUT2D eigenvalue weighted by atomic mass is 10.0. The lowest BCUT2D eigenvalue weighted by Crippen LogP contribution is -2.27. The van der Waals surface area contributed by atoms with Gasteiger partial charge in [0.1, 0.15) is 18.0 Å². The second-order valence-corrected chi connectivity index (χ2v) is 9.00. The van der Waals surface area contributed by atoms with Crippen molar-refractivity contribution in [3.8, 4) is 0 Å². The van der Waals surface area contributed by atoms with E-state index in [-0.39, 0.29) is 11.3 Å². The van der Waals surface area contributed by atoms with Gasteiger partial charge in [-0.05, 0) is 62.5 Å². The van der Waals surface area contributed by atoms with Gasteiger partial charge in [-0.2, -0.15) is 0 Å². The summed E-state index contributed by atoms with van der Waals surface area (Å²) in [5.41, 5.74) is 3.91. The van der Waals surface area contributed by atoms with E-state index < -0.39 is 5.97 Å². The quantitative estimate of drug-likeness (QED) is 0.292. The Morgan fingerprint density at radius 3 is 2.68 bits per heavy atom. The number of hydrogen-bond acceptors (Lipinski definition) is 5. The van der Waals surface area contributed by atoms with Crippen molar-refractivity contribution in [3.05, 3.63) is 93.4 Å². The molecule has 0 N–H and O–H groups in total. The van der Waals surface area contributed by atoms with Crippen LogP contribution in [0, 0.1) is 6.92 Å². The zero-order chi connectivity index (χ0) is 24.2. The Morgan fingerprint density at radius 2 is 1.97 bits per heavy atom. The minimum Gasteiger partial charge on any atom is -0.461 e. The van der Waals surface area contributed by atoms with Crippen molar-refractivity contribution >= 4 is 16.9 Å². The number of rotatable bonds is 10. The molecule has 1 heterocycles. The molecule has 0 amide bonds. The molecule has 1 aliphatic rings. The van der Waals surface area contributed by atoms with Gasteiger partial charge in [0.2, 0.25) is 0 Å². The summed E-state index contributed by atoms with van der Waals surface area (Å²) in [6.45, 7) is 12.9. The Balaban J connectivity index is 1.60. The van der Waals surface area contributed by atoms with Crippen LogP contribution >= 0.6 is 0 Å². The van der Waals surface area contributed by atoms with E-state index in [1.165, 1.54) is 11.1 Å². The number of ether oxygens (including phenoxy) is 1. The van der Waals surface area contributed by atoms with E-state index in [4.69, 9.17) is 9.15 Å². The molecular formula is C29H33NO4. The van der Waals surface area contributed by atoms with Crippen molar-refractivity contribution < 1.29 is 13.9 Å². The minimum atomic E-state index is -0.426. The maximum atomic E-state index is 13.5. The summed E-state index contributed by atoms with van der Waals surface area (Å²) in [6, 6.07) is 13.5. The number of esters is 1. The molecule has 2 unspecified atom stereocenters. The molecule has 1 aliphatic carbocycles. The van der Waals surface area contributed by atoms with E-state index >= 15 is 0 Å². The summed E-state index contributed by atoms with van der Waals surface area (Å²) in [6.07, 6.45) is 3.12. The first-order valence-electron chi connectivity index (χ1n) is 12.1. The molecule has 0 bridgehead atoms. The number of fused-ring (bicyclic) bond motifs is 1. The summed E-state index contributed by atoms with van der Waals surface area (Å²) in [5, 5.41) is 0.409. The zero-order valence-electron chi connectivity index (χ0n) is 20.3. The summed E-state index contributed by atoms with van der Waals surface area (Å²) in [7, 11) is 0. The van der Waals surface area contributed by atoms with Crippen LogP contribution in [0.1, 0.15) is 64.9 Å². The lowest BCUT2D eigenvalue weighted by molar-refractivity contribution is 0.0466. The lowest BCUT2D eigenvalue weighted by Gasteiger charge is -2.17. The van der Waals surface area contributed by atoms with Gasteiger partial charge in [0, 0.05) is 18.0 Å². The second kappa shape index (κ2) is 10.4. The molecule has 1 fully saturated rings. The summed E-state index contributed by atoms with van der Waals surface area (Å²) < 4.78 is 11.7. The number of hydrogen-bond donors (Lipinski definition) is 0. The molecule has 3 aromatic rings. The topological polar surface area (TPSA) is 59.8 Å². The van der Waals surface area contributed by atoms with Gasteiger partial charge in [-0.3, -0.25) is 4.79 Å². The maximum absolute atomic E-state index is 13.5. The smallest absolute Gasteiger partial charge is 0.338 e. The zero-order valence-corrected chi connectivity index (χ0v) is 20.3. The average Bonchev–Trinajstić information content (AvgIpc) is 3.64. The molecule has 1 saturated carbocycles. The Hall–Kier alpha value is -3.18. The van der Waals surface area contributed by atoms with Crippen LogP contribution in [0.4, 0.5) is 0 Å². The Labute approximate surface area is 201 Å². The van der Waals surface area contributed by atoms with Crippen molar-refractivity contribution in [3.63, 3.8) is 0 Å². The van der Waals surface area contributed by atoms with Crippen molar-refractivity contribution in [2.24, 2.45) is 0 Å². The third kappa shape index (κ3) is 5.00. The third-order valence-corrected chi connectivity index (χ3v) is 6.73. The normalized spacial score (nSPS) is 17.2. The maximum Gasteiger partial charge on any atom is 0.338 e. The summed E-state index contributed by atoms with van der Waals surface area (Å²) in [5.74, 6) is 0.852. The predicted molar refractivity (Wildman–Crippen MR) is 136 cm³/mol. The van der Waals surface area contributed by atoms with Crippen LogP contribution in [0.3, 0.4) is 0 Å². The van der Waals surface area contributed by atoms with Gasteiger partial charge >= 0.3 is 5.97 Å². The van der Waals surface area contributed by atoms with Crippen LogP contribution < -0.4 is 5.43 Å². The first-order valence-corrected chi connectivity index (χ1v) is 12.1. The highest BCUT2D eigenvalue weighted by atomic mass is 16.5. The van der Waals surface area contributed by atoms with Crippen molar-refractivity contribution in [1.29, 1.82) is 0 Å². The molecule has 5 heteroatoms. The molecule has 1 aromatic heterocycles. The number of allylic oxidation sites excluding steroid dienone is 1. The standard InChI is InChI=1S/C29H33NO4/c1-5-9-22-27(31)25-17-21(29(32)33-15-14-30(6-2)7-3)12-13-26(25)34-28(22)24-18-23(24)20-11-8-10-19(4)16-20/h5,8,10-13,16-17,23-24H,1,6-7,9,14-15,18H2,2-4H3. The van der Waals surface area contributed by atoms with Gasteiger partial charge in [0.05, 0.1) is 10.9 Å². The fraction of sp³-hybridized carbons (Fsp3) is 0.379. The molecule has 2 atom stereocenters. The number of aryl methyl sites for hydroxylation is 1. The van der Waals surface area contributed by atoms with E-state index in [0.29, 0.717) is 47.6 Å². The monoisotopic (exact) mass is 459 g/mol. The van der Waals surface area contributed by atoms with Gasteiger partial charge in [0.25, 0.3) is 0 Å². The molecule has 34 heavy (non-hydrogen) atoms. The van der Waals surface area contributed by atoms with Crippen LogP contribution in [0.25, 0.3) is 11.0 Å². The highest BCUT2D eigenvalue weighted by Crippen LogP contribution is 2.55. The van der Waals surface area contributed by atoms with Gasteiger partial charge in [-0.1, -0.05) is 49.8 Å². The first-order chi connectivity index (χ1) is 16.5. The van der Waals surface area contributed by atoms with E-state index in [9.17, 15) is 9.59 Å². The van der Waals surface area contributed by atoms with Crippen LogP contribution in [-0.2, 0) is 11.2 Å². The molecule has 5 nitrogen and oxygen atoms in total. The Kier molecular flexibility index (Phi) is 7.32. The van der Waals surface area contributed by atoms with Crippen molar-refractivity contribution in [2.45, 2.75) is 45.4 Å². The number of likely N-dealkylation sites (N-methyl/N-ethyl adjacent to an activating group) is 1. The first kappa shape index (κ1) is 24.0. The van der Waals surface area contributed by atoms with Crippen molar-refractivity contribution in [1.82, 2.24) is 4.90 Å². The average molecular weight is 460 g/mol. The molecular weight excluding hydrogens is 426 g/mol. The van der Waals surface area contributed by atoms with E-state index in [1.54, 1.807) is 24.3 Å². The van der Waals surface area contributed by atoms with E-state index in [0.717, 1.165) is 25.3 Å². The van der Waals surface area contributed by atoms with Gasteiger partial charge in [0.15, 0.2) is 5.43 Å². The fourth-order valence-electron chi connectivity index (χ4n) is 4.66. The van der Waals surface area contributed by atoms with Gasteiger partial charge in [-0.25, -0.2) is 4.79 Å². The van der Waals surface area contributed by atoms with Crippen molar-refractivity contribution in [2.75, 3.05) is 26.2 Å². The van der Waals surface area contributed by atoms with Crippen LogP contribution in [0.5, 0.6) is 0 Å². The Bertz CT molecular complexity index is 1250. The Morgan fingerprint density at radius 1 is 1.18 bits per heavy atom. The molecule has 4 rings (SSSR count). The van der Waals surface area contributed by atoms with Crippen LogP contribution in [0.15, 0.2) is 64.3 Å².